The molecule has 1 aliphatic heterocycles. The Morgan fingerprint density at radius 2 is 2.15 bits per heavy atom. The van der Waals surface area contributed by atoms with E-state index in [-0.39, 0.29) is 0 Å². The Morgan fingerprint density at radius 3 is 2.75 bits per heavy atom. The molecular weight excluding hydrogens is 252 g/mol. The van der Waals surface area contributed by atoms with Gasteiger partial charge in [-0.1, -0.05) is 30.7 Å². The van der Waals surface area contributed by atoms with Crippen LogP contribution in [-0.2, 0) is 0 Å². The maximum absolute atomic E-state index is 9.38. The molecule has 2 aliphatic rings. The quantitative estimate of drug-likeness (QED) is 0.813. The maximum atomic E-state index is 9.38. The summed E-state index contributed by atoms with van der Waals surface area (Å²) < 4.78 is 0. The van der Waals surface area contributed by atoms with Gasteiger partial charge in [0, 0.05) is 19.0 Å². The predicted octanol–water partition coefficient (Wildman–Crippen LogP) is 1.35. The molecule has 1 fully saturated rings. The van der Waals surface area contributed by atoms with E-state index in [9.17, 15) is 9.90 Å². The fraction of sp³-hybridized carbons (Fsp3) is 0.562. The summed E-state index contributed by atoms with van der Waals surface area (Å²) in [5.74, 6) is 2.40. The van der Waals surface area contributed by atoms with E-state index >= 15 is 0 Å². The minimum absolute atomic E-state index is 0.419. The van der Waals surface area contributed by atoms with Crippen LogP contribution in [0, 0.1) is 12.8 Å². The molecule has 20 heavy (non-hydrogen) atoms. The lowest BCUT2D eigenvalue weighted by Gasteiger charge is -2.12. The van der Waals surface area contributed by atoms with Crippen molar-refractivity contribution >= 4 is 6.09 Å². The van der Waals surface area contributed by atoms with Crippen LogP contribution < -0.4 is 15.7 Å². The summed E-state index contributed by atoms with van der Waals surface area (Å²) in [6, 6.07) is 6.99. The van der Waals surface area contributed by atoms with Gasteiger partial charge in [-0.15, -0.1) is 0 Å². The Hall–Kier alpha value is -1.55. The number of carboxylic acid groups (broad SMARTS) is 1. The van der Waals surface area contributed by atoms with Gasteiger partial charge < -0.3 is 20.5 Å². The van der Waals surface area contributed by atoms with Crippen LogP contribution in [0.4, 0.5) is 4.79 Å². The first kappa shape index (κ1) is 14.9. The molecule has 0 spiro atoms. The van der Waals surface area contributed by atoms with Crippen molar-refractivity contribution in [2.45, 2.75) is 32.6 Å². The van der Waals surface area contributed by atoms with Crippen molar-refractivity contribution in [3.8, 4) is 0 Å². The molecule has 2 N–H and O–H groups in total. The summed E-state index contributed by atoms with van der Waals surface area (Å²) in [6.07, 6.45) is -1.21. The van der Waals surface area contributed by atoms with Crippen molar-refractivity contribution in [1.82, 2.24) is 10.6 Å². The lowest BCUT2D eigenvalue weighted by atomic mass is 9.91. The van der Waals surface area contributed by atoms with Crippen LogP contribution in [-0.4, -0.2) is 25.7 Å². The second kappa shape index (κ2) is 6.27. The highest BCUT2D eigenvalue weighted by Crippen LogP contribution is 2.47. The van der Waals surface area contributed by atoms with Gasteiger partial charge in [-0.25, -0.2) is 0 Å². The fourth-order valence-corrected chi connectivity index (χ4v) is 3.37. The van der Waals surface area contributed by atoms with Gasteiger partial charge in [0.15, 0.2) is 0 Å². The number of benzene rings is 1. The first-order valence-corrected chi connectivity index (χ1v) is 7.30. The minimum atomic E-state index is -1.21. The molecule has 1 aromatic rings. The Bertz CT molecular complexity index is 487. The van der Waals surface area contributed by atoms with Crippen molar-refractivity contribution in [2.24, 2.45) is 5.92 Å². The third kappa shape index (κ3) is 2.96. The van der Waals surface area contributed by atoms with Crippen molar-refractivity contribution in [3.63, 3.8) is 0 Å². The van der Waals surface area contributed by atoms with E-state index in [1.165, 1.54) is 18.7 Å². The molecule has 0 saturated carbocycles. The summed E-state index contributed by atoms with van der Waals surface area (Å²) in [5, 5.41) is 14.9. The molecule has 110 valence electrons. The summed E-state index contributed by atoms with van der Waals surface area (Å²) in [7, 11) is 0. The highest BCUT2D eigenvalue weighted by Gasteiger charge is 2.40. The van der Waals surface area contributed by atoms with Gasteiger partial charge in [0.25, 0.3) is 0 Å². The van der Waals surface area contributed by atoms with E-state index in [0.717, 1.165) is 17.8 Å². The number of amides is 1. The molecule has 1 heterocycles. The van der Waals surface area contributed by atoms with Gasteiger partial charge in [-0.05, 0) is 43.4 Å². The van der Waals surface area contributed by atoms with Crippen LogP contribution in [0.1, 0.15) is 42.4 Å². The number of aryl methyl sites for hydroxylation is 1. The Labute approximate surface area is 120 Å². The Kier molecular flexibility index (Phi) is 4.65. The normalized spacial score (nSPS) is 26.2. The van der Waals surface area contributed by atoms with E-state index in [0.29, 0.717) is 6.54 Å². The molecule has 0 aromatic heterocycles. The average molecular weight is 275 g/mol. The molecule has 0 radical (unpaired) electrons. The molecule has 1 amide bonds. The topological polar surface area (TPSA) is 64.2 Å². The molecule has 0 bridgehead atoms. The van der Waals surface area contributed by atoms with Gasteiger partial charge >= 0.3 is 0 Å². The molecule has 4 nitrogen and oxygen atoms in total. The molecule has 1 aromatic carbocycles. The number of rotatable bonds is 1. The first-order chi connectivity index (χ1) is 9.54. The molecule has 1 saturated heterocycles. The number of carbonyl (C=O) groups is 1. The molecule has 4 heteroatoms. The number of carbonyl (C=O) groups excluding carboxylic acids is 1. The smallest absolute Gasteiger partial charge is 0.134 e. The Balaban J connectivity index is 0.000000212. The second-order valence-corrected chi connectivity index (χ2v) is 5.67. The van der Waals surface area contributed by atoms with E-state index in [2.05, 4.69) is 37.4 Å². The summed E-state index contributed by atoms with van der Waals surface area (Å²) in [4.78, 5) is 9.38. The van der Waals surface area contributed by atoms with Gasteiger partial charge in [-0.3, -0.25) is 0 Å². The third-order valence-corrected chi connectivity index (χ3v) is 4.36. The molecular formula is C16H23N2O2-. The lowest BCUT2D eigenvalue weighted by Crippen LogP contribution is -2.35. The van der Waals surface area contributed by atoms with Crippen LogP contribution in [0.3, 0.4) is 0 Å². The zero-order chi connectivity index (χ0) is 14.7. The van der Waals surface area contributed by atoms with Crippen LogP contribution in [0.25, 0.3) is 0 Å². The summed E-state index contributed by atoms with van der Waals surface area (Å²) >= 11 is 0. The van der Waals surface area contributed by atoms with Crippen LogP contribution in [0.2, 0.25) is 0 Å². The summed E-state index contributed by atoms with van der Waals surface area (Å²) in [6.45, 7) is 9.08. The van der Waals surface area contributed by atoms with E-state index < -0.39 is 6.09 Å². The van der Waals surface area contributed by atoms with Gasteiger partial charge in [0.2, 0.25) is 0 Å². The average Bonchev–Trinajstić information content (AvgIpc) is 2.95. The lowest BCUT2D eigenvalue weighted by molar-refractivity contribution is -0.250. The zero-order valence-corrected chi connectivity index (χ0v) is 12.4. The van der Waals surface area contributed by atoms with Gasteiger partial charge in [0.1, 0.15) is 6.09 Å². The van der Waals surface area contributed by atoms with Crippen molar-refractivity contribution in [1.29, 1.82) is 0 Å². The predicted molar refractivity (Wildman–Crippen MR) is 77.8 cm³/mol. The number of hydrogen-bond donors (Lipinski definition) is 2. The summed E-state index contributed by atoms with van der Waals surface area (Å²) in [5.41, 5.74) is 4.63. The largest absolute Gasteiger partial charge is 0.530 e. The second-order valence-electron chi connectivity index (χ2n) is 5.67. The first-order valence-electron chi connectivity index (χ1n) is 7.30. The third-order valence-electron chi connectivity index (χ3n) is 4.36. The number of fused-ring (bicyclic) bond motifs is 3. The minimum Gasteiger partial charge on any atom is -0.530 e. The number of nitrogens with one attached hydrogen (secondary N) is 2. The van der Waals surface area contributed by atoms with Crippen LogP contribution in [0.5, 0.6) is 0 Å². The maximum Gasteiger partial charge on any atom is 0.134 e. The standard InChI is InChI=1S/C13H17N.C3H7NO2/c1-8-3-4-10-9(2)12-6-14-7-13(12)11(10)5-8;1-2-4-3(5)6/h3-5,9,12-14H,6-7H2,1-2H3;4H,2H2,1H3,(H,5,6)/p-1. The van der Waals surface area contributed by atoms with Crippen molar-refractivity contribution in [3.05, 3.63) is 34.9 Å². The van der Waals surface area contributed by atoms with Crippen LogP contribution >= 0.6 is 0 Å². The molecule has 3 rings (SSSR count). The number of hydrogen-bond acceptors (Lipinski definition) is 3. The Morgan fingerprint density at radius 1 is 1.40 bits per heavy atom. The molecule has 3 atom stereocenters. The SMILES string of the molecule is CCNC(=O)[O-].Cc1ccc2c(c1)C1CNCC1C2C. The van der Waals surface area contributed by atoms with Gasteiger partial charge in [0.05, 0.1) is 0 Å². The van der Waals surface area contributed by atoms with Gasteiger partial charge in [-0.2, -0.15) is 0 Å². The van der Waals surface area contributed by atoms with Crippen LogP contribution in [0.15, 0.2) is 18.2 Å². The van der Waals surface area contributed by atoms with E-state index in [1.54, 1.807) is 18.1 Å². The van der Waals surface area contributed by atoms with Crippen molar-refractivity contribution in [2.75, 3.05) is 19.6 Å². The molecule has 1 aliphatic carbocycles. The fourth-order valence-electron chi connectivity index (χ4n) is 3.37. The molecule has 3 unspecified atom stereocenters. The van der Waals surface area contributed by atoms with E-state index in [4.69, 9.17) is 0 Å². The highest BCUT2D eigenvalue weighted by molar-refractivity contribution is 5.61. The monoisotopic (exact) mass is 275 g/mol. The van der Waals surface area contributed by atoms with E-state index in [1.807, 2.05) is 5.32 Å². The zero-order valence-electron chi connectivity index (χ0n) is 12.4. The van der Waals surface area contributed by atoms with Crippen molar-refractivity contribution < 1.29 is 9.90 Å². The highest BCUT2D eigenvalue weighted by atomic mass is 16.4.